The minimum atomic E-state index is 0.233. The van der Waals surface area contributed by atoms with E-state index in [1.807, 2.05) is 0 Å². The normalized spacial score (nSPS) is 26.1. The zero-order chi connectivity index (χ0) is 12.3. The number of hydrogen-bond acceptors (Lipinski definition) is 2. The second-order valence-electron chi connectivity index (χ2n) is 5.14. The Hall–Kier alpha value is -0.380. The van der Waals surface area contributed by atoms with Gasteiger partial charge >= 0.3 is 0 Å². The Kier molecular flexibility index (Phi) is 4.23. The summed E-state index contributed by atoms with van der Waals surface area (Å²) in [6, 6.07) is 8.55. The lowest BCUT2D eigenvalue weighted by Crippen LogP contribution is -2.56. The van der Waals surface area contributed by atoms with Gasteiger partial charge in [0.15, 0.2) is 0 Å². The van der Waals surface area contributed by atoms with Gasteiger partial charge in [-0.05, 0) is 51.5 Å². The van der Waals surface area contributed by atoms with Crippen LogP contribution in [0.25, 0.3) is 0 Å². The first kappa shape index (κ1) is 13.1. The Morgan fingerprint density at radius 3 is 2.82 bits per heavy atom. The molecule has 0 bridgehead atoms. The Bertz CT molecular complexity index is 380. The lowest BCUT2D eigenvalue weighted by atomic mass is 9.83. The van der Waals surface area contributed by atoms with Crippen molar-refractivity contribution in [3.63, 3.8) is 0 Å². The standard InChI is InChI=1S/C14H21BrN2/c1-16-14(8-5-9-17(2)11-14)10-12-6-3-4-7-13(12)15/h3-4,6-7,16H,5,8-11H2,1-2H3. The smallest absolute Gasteiger partial charge is 0.0347 e. The van der Waals surface area contributed by atoms with Crippen molar-refractivity contribution in [1.29, 1.82) is 0 Å². The average molecular weight is 297 g/mol. The van der Waals surface area contributed by atoms with Crippen molar-refractivity contribution in [3.05, 3.63) is 34.3 Å². The molecule has 2 nitrogen and oxygen atoms in total. The first-order chi connectivity index (χ1) is 8.15. The SMILES string of the molecule is CNC1(Cc2ccccc2Br)CCCN(C)C1. The molecule has 1 heterocycles. The van der Waals surface area contributed by atoms with E-state index in [0.717, 1.165) is 13.0 Å². The number of piperidine rings is 1. The van der Waals surface area contributed by atoms with Crippen molar-refractivity contribution in [2.75, 3.05) is 27.2 Å². The fraction of sp³-hybridized carbons (Fsp3) is 0.571. The van der Waals surface area contributed by atoms with Crippen LogP contribution >= 0.6 is 15.9 Å². The summed E-state index contributed by atoms with van der Waals surface area (Å²) in [6.07, 6.45) is 3.63. The molecule has 0 saturated carbocycles. The number of halogens is 1. The molecule has 0 aromatic heterocycles. The average Bonchev–Trinajstić information content (AvgIpc) is 2.32. The minimum absolute atomic E-state index is 0.233. The highest BCUT2D eigenvalue weighted by molar-refractivity contribution is 9.10. The molecule has 1 aromatic rings. The van der Waals surface area contributed by atoms with Crippen molar-refractivity contribution >= 4 is 15.9 Å². The van der Waals surface area contributed by atoms with E-state index in [4.69, 9.17) is 0 Å². The Morgan fingerprint density at radius 2 is 2.18 bits per heavy atom. The third-order valence-electron chi connectivity index (χ3n) is 3.78. The topological polar surface area (TPSA) is 15.3 Å². The fourth-order valence-corrected chi connectivity index (χ4v) is 3.23. The molecule has 1 unspecified atom stereocenters. The van der Waals surface area contributed by atoms with Crippen LogP contribution in [0, 0.1) is 0 Å². The van der Waals surface area contributed by atoms with Crippen LogP contribution < -0.4 is 5.32 Å². The lowest BCUT2D eigenvalue weighted by Gasteiger charge is -2.42. The van der Waals surface area contributed by atoms with Crippen LogP contribution in [-0.4, -0.2) is 37.6 Å². The van der Waals surface area contributed by atoms with Crippen LogP contribution in [0.3, 0.4) is 0 Å². The van der Waals surface area contributed by atoms with Gasteiger partial charge in [0.2, 0.25) is 0 Å². The van der Waals surface area contributed by atoms with E-state index in [-0.39, 0.29) is 5.54 Å². The summed E-state index contributed by atoms with van der Waals surface area (Å²) >= 11 is 3.65. The highest BCUT2D eigenvalue weighted by atomic mass is 79.9. The fourth-order valence-electron chi connectivity index (χ4n) is 2.81. The van der Waals surface area contributed by atoms with Crippen molar-refractivity contribution < 1.29 is 0 Å². The van der Waals surface area contributed by atoms with Gasteiger partial charge in [-0.1, -0.05) is 34.1 Å². The van der Waals surface area contributed by atoms with Crippen LogP contribution in [0.15, 0.2) is 28.7 Å². The Balaban J connectivity index is 2.17. The molecule has 1 aromatic carbocycles. The van der Waals surface area contributed by atoms with Crippen LogP contribution in [0.1, 0.15) is 18.4 Å². The van der Waals surface area contributed by atoms with Gasteiger partial charge < -0.3 is 10.2 Å². The lowest BCUT2D eigenvalue weighted by molar-refractivity contribution is 0.151. The van der Waals surface area contributed by atoms with E-state index >= 15 is 0 Å². The molecule has 17 heavy (non-hydrogen) atoms. The number of likely N-dealkylation sites (tertiary alicyclic amines) is 1. The van der Waals surface area contributed by atoms with Gasteiger partial charge in [-0.15, -0.1) is 0 Å². The van der Waals surface area contributed by atoms with Crippen molar-refractivity contribution in [2.24, 2.45) is 0 Å². The minimum Gasteiger partial charge on any atom is -0.313 e. The second-order valence-corrected chi connectivity index (χ2v) is 5.99. The predicted molar refractivity (Wildman–Crippen MR) is 76.4 cm³/mol. The molecule has 0 aliphatic carbocycles. The van der Waals surface area contributed by atoms with Crippen molar-refractivity contribution in [1.82, 2.24) is 10.2 Å². The molecule has 1 atom stereocenters. The molecule has 1 saturated heterocycles. The number of benzene rings is 1. The summed E-state index contributed by atoms with van der Waals surface area (Å²) < 4.78 is 1.22. The van der Waals surface area contributed by atoms with E-state index in [1.54, 1.807) is 0 Å². The molecule has 3 heteroatoms. The zero-order valence-corrected chi connectivity index (χ0v) is 12.3. The molecule has 0 spiro atoms. The molecule has 94 valence electrons. The zero-order valence-electron chi connectivity index (χ0n) is 10.7. The monoisotopic (exact) mass is 296 g/mol. The molecule has 0 amide bonds. The summed E-state index contributed by atoms with van der Waals surface area (Å²) in [6.45, 7) is 2.35. The quantitative estimate of drug-likeness (QED) is 0.923. The molecular weight excluding hydrogens is 276 g/mol. The summed E-state index contributed by atoms with van der Waals surface area (Å²) in [5.41, 5.74) is 1.63. The van der Waals surface area contributed by atoms with Crippen LogP contribution in [0.5, 0.6) is 0 Å². The number of rotatable bonds is 3. The van der Waals surface area contributed by atoms with Gasteiger partial charge in [0, 0.05) is 16.6 Å². The third-order valence-corrected chi connectivity index (χ3v) is 4.56. The van der Waals surface area contributed by atoms with Crippen LogP contribution in [-0.2, 0) is 6.42 Å². The summed E-state index contributed by atoms with van der Waals surface area (Å²) in [4.78, 5) is 2.43. The summed E-state index contributed by atoms with van der Waals surface area (Å²) in [7, 11) is 4.31. The highest BCUT2D eigenvalue weighted by Crippen LogP contribution is 2.27. The molecule has 1 aliphatic rings. The number of nitrogens with zero attached hydrogens (tertiary/aromatic N) is 1. The third kappa shape index (κ3) is 3.09. The molecule has 1 aliphatic heterocycles. The summed E-state index contributed by atoms with van der Waals surface area (Å²) in [5.74, 6) is 0. The number of hydrogen-bond donors (Lipinski definition) is 1. The van der Waals surface area contributed by atoms with Crippen molar-refractivity contribution in [2.45, 2.75) is 24.8 Å². The molecule has 1 fully saturated rings. The van der Waals surface area contributed by atoms with E-state index in [2.05, 4.69) is 64.5 Å². The van der Waals surface area contributed by atoms with Gasteiger partial charge in [-0.3, -0.25) is 0 Å². The van der Waals surface area contributed by atoms with Crippen LogP contribution in [0.2, 0.25) is 0 Å². The summed E-state index contributed by atoms with van der Waals surface area (Å²) in [5, 5.41) is 3.56. The van der Waals surface area contributed by atoms with Gasteiger partial charge in [-0.2, -0.15) is 0 Å². The van der Waals surface area contributed by atoms with Gasteiger partial charge in [0.25, 0.3) is 0 Å². The predicted octanol–water partition coefficient (Wildman–Crippen LogP) is 2.68. The Labute approximate surface area is 113 Å². The first-order valence-corrected chi connectivity index (χ1v) is 7.05. The maximum atomic E-state index is 3.65. The van der Waals surface area contributed by atoms with Gasteiger partial charge in [0.05, 0.1) is 0 Å². The molecular formula is C14H21BrN2. The van der Waals surface area contributed by atoms with Gasteiger partial charge in [-0.25, -0.2) is 0 Å². The molecule has 2 rings (SSSR count). The maximum Gasteiger partial charge on any atom is 0.0347 e. The first-order valence-electron chi connectivity index (χ1n) is 6.26. The number of nitrogens with one attached hydrogen (secondary N) is 1. The molecule has 1 N–H and O–H groups in total. The largest absolute Gasteiger partial charge is 0.313 e. The second kappa shape index (κ2) is 5.51. The van der Waals surface area contributed by atoms with Crippen LogP contribution in [0.4, 0.5) is 0 Å². The Morgan fingerprint density at radius 1 is 1.41 bits per heavy atom. The number of likely N-dealkylation sites (N-methyl/N-ethyl adjacent to an activating group) is 2. The molecule has 0 radical (unpaired) electrons. The van der Waals surface area contributed by atoms with E-state index in [0.29, 0.717) is 0 Å². The maximum absolute atomic E-state index is 3.65. The van der Waals surface area contributed by atoms with E-state index in [9.17, 15) is 0 Å². The van der Waals surface area contributed by atoms with E-state index < -0.39 is 0 Å². The highest BCUT2D eigenvalue weighted by Gasteiger charge is 2.33. The van der Waals surface area contributed by atoms with Gasteiger partial charge in [0.1, 0.15) is 0 Å². The van der Waals surface area contributed by atoms with E-state index in [1.165, 1.54) is 29.4 Å². The van der Waals surface area contributed by atoms with Crippen molar-refractivity contribution in [3.8, 4) is 0 Å².